The summed E-state index contributed by atoms with van der Waals surface area (Å²) in [6.45, 7) is 2.18. The molecule has 12 heteroatoms. The maximum atomic E-state index is 12.6. The first-order valence-electron chi connectivity index (χ1n) is 12.7. The van der Waals surface area contributed by atoms with Crippen molar-refractivity contribution in [2.24, 2.45) is 0 Å². The average molecular weight is 595 g/mol. The number of ether oxygens (including phenoxy) is 2. The number of H-pyrrole nitrogens is 1. The van der Waals surface area contributed by atoms with Crippen LogP contribution in [0.1, 0.15) is 23.7 Å². The highest BCUT2D eigenvalue weighted by atomic mass is 32.2. The van der Waals surface area contributed by atoms with E-state index in [9.17, 15) is 27.9 Å². The lowest BCUT2D eigenvalue weighted by Crippen LogP contribution is -2.28. The van der Waals surface area contributed by atoms with Crippen molar-refractivity contribution in [3.05, 3.63) is 75.4 Å². The molecule has 0 aliphatic rings. The molecule has 4 aromatic rings. The van der Waals surface area contributed by atoms with Crippen LogP contribution >= 0.6 is 23.1 Å². The lowest BCUT2D eigenvalue weighted by molar-refractivity contribution is -0.189. The summed E-state index contributed by atoms with van der Waals surface area (Å²) in [7, 11) is 0. The first-order valence-corrected chi connectivity index (χ1v) is 14.7. The van der Waals surface area contributed by atoms with E-state index >= 15 is 0 Å². The van der Waals surface area contributed by atoms with E-state index in [1.807, 2.05) is 12.1 Å². The van der Waals surface area contributed by atoms with Crippen molar-refractivity contribution >= 4 is 50.1 Å². The van der Waals surface area contributed by atoms with Crippen LogP contribution in [0.2, 0.25) is 0 Å². The lowest BCUT2D eigenvalue weighted by atomic mass is 10.0. The van der Waals surface area contributed by atoms with Crippen molar-refractivity contribution in [2.75, 3.05) is 37.8 Å². The van der Waals surface area contributed by atoms with Gasteiger partial charge in [0.15, 0.2) is 5.75 Å². The highest BCUT2D eigenvalue weighted by Gasteiger charge is 2.41. The van der Waals surface area contributed by atoms with E-state index in [0.29, 0.717) is 25.3 Å². The number of aromatic nitrogens is 1. The number of carbonyl (C=O) groups is 1. The fraction of sp³-hybridized carbons (Fsp3) is 0.357. The monoisotopic (exact) mass is 594 g/mol. The van der Waals surface area contributed by atoms with E-state index in [1.54, 1.807) is 11.8 Å². The molecular weight excluding hydrogens is 565 g/mol. The topological polar surface area (TPSA) is 101 Å². The van der Waals surface area contributed by atoms with Gasteiger partial charge in [-0.2, -0.15) is 24.9 Å². The molecule has 4 rings (SSSR count). The van der Waals surface area contributed by atoms with Crippen molar-refractivity contribution in [3.63, 3.8) is 0 Å². The second kappa shape index (κ2) is 14.1. The molecule has 0 amide bonds. The minimum atomic E-state index is -5.17. The number of rotatable bonds is 14. The normalized spacial score (nSPS) is 12.7. The van der Waals surface area contributed by atoms with Crippen LogP contribution in [0.15, 0.2) is 59.4 Å². The third-order valence-electron chi connectivity index (χ3n) is 6.11. The third kappa shape index (κ3) is 8.07. The summed E-state index contributed by atoms with van der Waals surface area (Å²) in [6.07, 6.45) is -4.45. The van der Waals surface area contributed by atoms with Crippen molar-refractivity contribution in [1.29, 1.82) is 0 Å². The van der Waals surface area contributed by atoms with Crippen molar-refractivity contribution in [3.8, 4) is 5.75 Å². The maximum absolute atomic E-state index is 12.6. The number of aliphatic hydroxyl groups is 1. The van der Waals surface area contributed by atoms with E-state index in [2.05, 4.69) is 45.4 Å². The molecule has 1 atom stereocenters. The zero-order chi connectivity index (χ0) is 28.5. The molecule has 1 aromatic heterocycles. The van der Waals surface area contributed by atoms with Crippen molar-refractivity contribution in [2.45, 2.75) is 25.1 Å². The highest BCUT2D eigenvalue weighted by Crippen LogP contribution is 2.33. The number of aliphatic hydroxyl groups excluding tert-OH is 1. The van der Waals surface area contributed by atoms with Crippen molar-refractivity contribution in [1.82, 2.24) is 10.3 Å². The van der Waals surface area contributed by atoms with Crippen LogP contribution in [0, 0.1) is 0 Å². The summed E-state index contributed by atoms with van der Waals surface area (Å²) in [5.74, 6) is -1.01. The van der Waals surface area contributed by atoms with Gasteiger partial charge in [-0.1, -0.05) is 59.9 Å². The molecule has 3 N–H and O–H groups in total. The number of carbonyl (C=O) groups excluding carboxylic acids is 1. The molecule has 0 aliphatic carbocycles. The number of aromatic amines is 1. The van der Waals surface area contributed by atoms with Gasteiger partial charge < -0.3 is 24.9 Å². The second-order valence-corrected chi connectivity index (χ2v) is 11.2. The number of esters is 1. The molecular formula is C28H29F3N2O5S2. The summed E-state index contributed by atoms with van der Waals surface area (Å²) in [5, 5.41) is 16.3. The van der Waals surface area contributed by atoms with E-state index < -0.39 is 28.9 Å². The number of thioether (sulfide) groups is 1. The fourth-order valence-electron chi connectivity index (χ4n) is 4.20. The quantitative estimate of drug-likeness (QED) is 0.105. The molecule has 0 fully saturated rings. The fourth-order valence-corrected chi connectivity index (χ4v) is 5.90. The van der Waals surface area contributed by atoms with Crippen LogP contribution in [0.25, 0.3) is 21.0 Å². The van der Waals surface area contributed by atoms with Gasteiger partial charge in [0, 0.05) is 17.9 Å². The summed E-state index contributed by atoms with van der Waals surface area (Å²) >= 11 is 2.51. The number of benzene rings is 3. The number of halogens is 3. The summed E-state index contributed by atoms with van der Waals surface area (Å²) < 4.78 is 48.2. The third-order valence-corrected chi connectivity index (χ3v) is 8.08. The van der Waals surface area contributed by atoms with Gasteiger partial charge in [-0.05, 0) is 47.5 Å². The second-order valence-electron chi connectivity index (χ2n) is 8.95. The van der Waals surface area contributed by atoms with Gasteiger partial charge in [-0.3, -0.25) is 4.79 Å². The average Bonchev–Trinajstić information content (AvgIpc) is 3.33. The van der Waals surface area contributed by atoms with Crippen molar-refractivity contribution < 1.29 is 32.5 Å². The minimum absolute atomic E-state index is 0.0557. The molecule has 1 heterocycles. The Bertz CT molecular complexity index is 1480. The molecule has 0 saturated heterocycles. The summed E-state index contributed by atoms with van der Waals surface area (Å²) in [4.78, 5) is 24.9. The molecule has 0 spiro atoms. The molecule has 0 aliphatic heterocycles. The van der Waals surface area contributed by atoms with Gasteiger partial charge in [0.2, 0.25) is 0 Å². The Morgan fingerprint density at radius 2 is 1.88 bits per heavy atom. The number of hydrogen-bond donors (Lipinski definition) is 3. The van der Waals surface area contributed by atoms with Gasteiger partial charge in [-0.15, -0.1) is 0 Å². The van der Waals surface area contributed by atoms with Crippen LogP contribution in [0.3, 0.4) is 0 Å². The zero-order valence-electron chi connectivity index (χ0n) is 21.5. The van der Waals surface area contributed by atoms with Gasteiger partial charge >= 0.3 is 17.0 Å². The number of fused-ring (bicyclic) bond motifs is 2. The Hall–Kier alpha value is -2.90. The Labute approximate surface area is 236 Å². The van der Waals surface area contributed by atoms with Gasteiger partial charge in [0.05, 0.1) is 24.0 Å². The Balaban J connectivity index is 1.12. The van der Waals surface area contributed by atoms with Gasteiger partial charge in [-0.25, -0.2) is 4.79 Å². The predicted octanol–water partition coefficient (Wildman–Crippen LogP) is 5.22. The molecule has 0 bridgehead atoms. The van der Waals surface area contributed by atoms with E-state index in [0.717, 1.165) is 41.8 Å². The van der Waals surface area contributed by atoms with Crippen LogP contribution in [0.5, 0.6) is 5.75 Å². The SMILES string of the molecule is O=C(Oc1ccc([C@@H](O)CNCCCSCCOCCc2cccc3ccccc23)c2sc(=O)[nH]c12)C(F)(F)F. The number of thiazole rings is 1. The van der Waals surface area contributed by atoms with Gasteiger partial charge in [0.25, 0.3) is 0 Å². The number of hydrogen-bond acceptors (Lipinski definition) is 8. The largest absolute Gasteiger partial charge is 0.491 e. The summed E-state index contributed by atoms with van der Waals surface area (Å²) in [6, 6.07) is 17.1. The lowest BCUT2D eigenvalue weighted by Gasteiger charge is -2.14. The molecule has 0 radical (unpaired) electrons. The molecule has 3 aromatic carbocycles. The molecule has 214 valence electrons. The zero-order valence-corrected chi connectivity index (χ0v) is 23.1. The van der Waals surface area contributed by atoms with Crippen LogP contribution < -0.4 is 14.9 Å². The first kappa shape index (κ1) is 30.1. The van der Waals surface area contributed by atoms with E-state index in [4.69, 9.17) is 4.74 Å². The predicted molar refractivity (Wildman–Crippen MR) is 152 cm³/mol. The number of nitrogens with one attached hydrogen (secondary N) is 2. The number of alkyl halides is 3. The summed E-state index contributed by atoms with van der Waals surface area (Å²) in [5.41, 5.74) is 1.58. The maximum Gasteiger partial charge on any atom is 0.491 e. The first-order chi connectivity index (χ1) is 19.2. The van der Waals surface area contributed by atoms with Gasteiger partial charge in [0.1, 0.15) is 5.52 Å². The van der Waals surface area contributed by atoms with Crippen LogP contribution in [-0.2, 0) is 16.0 Å². The van der Waals surface area contributed by atoms with Crippen LogP contribution in [0.4, 0.5) is 13.2 Å². The standard InChI is InChI=1S/C28H29F3N2O5S2/c29-28(30,31)26(35)38-23-10-9-21(25-24(23)33-27(36)40-25)22(34)17-32-12-4-15-39-16-14-37-13-11-19-7-3-6-18-5-1-2-8-20(18)19/h1-3,5-10,22,32,34H,4,11-17H2,(H,33,36)/t22-/m0/s1. The molecule has 40 heavy (non-hydrogen) atoms. The minimum Gasteiger partial charge on any atom is -0.418 e. The molecule has 0 unspecified atom stereocenters. The Morgan fingerprint density at radius 3 is 2.70 bits per heavy atom. The Kier molecular flexibility index (Phi) is 10.6. The molecule has 7 nitrogen and oxygen atoms in total. The molecule has 0 saturated carbocycles. The van der Waals surface area contributed by atoms with E-state index in [1.165, 1.54) is 22.4 Å². The Morgan fingerprint density at radius 1 is 1.07 bits per heavy atom. The highest BCUT2D eigenvalue weighted by molar-refractivity contribution is 7.99. The smallest absolute Gasteiger partial charge is 0.418 e. The van der Waals surface area contributed by atoms with Crippen LogP contribution in [-0.4, -0.2) is 60.0 Å². The van der Waals surface area contributed by atoms with E-state index in [-0.39, 0.29) is 16.8 Å².